The van der Waals surface area contributed by atoms with Gasteiger partial charge < -0.3 is 0 Å². The highest BCUT2D eigenvalue weighted by atomic mass is 35.5. The predicted octanol–water partition coefficient (Wildman–Crippen LogP) is 4.53. The van der Waals surface area contributed by atoms with E-state index in [9.17, 15) is 9.00 Å². The number of pyridine rings is 1. The molecule has 8 heteroatoms. The number of hydrogen-bond donors (Lipinski definition) is 1. The molecule has 1 amide bonds. The summed E-state index contributed by atoms with van der Waals surface area (Å²) in [5.41, 5.74) is 1.29. The molecule has 2 heterocycles. The van der Waals surface area contributed by atoms with Crippen LogP contribution in [0.2, 0.25) is 4.34 Å². The van der Waals surface area contributed by atoms with Gasteiger partial charge in [0.1, 0.15) is 9.36 Å². The number of rotatable bonds is 6. The number of allylic oxidation sites excluding steroid dienone is 1. The van der Waals surface area contributed by atoms with Crippen molar-refractivity contribution in [2.45, 2.75) is 37.6 Å². The van der Waals surface area contributed by atoms with Crippen LogP contribution in [-0.4, -0.2) is 25.8 Å². The molecule has 1 aliphatic rings. The minimum atomic E-state index is -1.11. The van der Waals surface area contributed by atoms with Gasteiger partial charge in [-0.1, -0.05) is 48.8 Å². The molecule has 0 saturated heterocycles. The van der Waals surface area contributed by atoms with E-state index in [0.717, 1.165) is 12.8 Å². The lowest BCUT2D eigenvalue weighted by Gasteiger charge is -2.11. The van der Waals surface area contributed by atoms with E-state index in [4.69, 9.17) is 11.6 Å². The van der Waals surface area contributed by atoms with Crippen LogP contribution in [0.3, 0.4) is 0 Å². The minimum Gasteiger partial charge on any atom is -0.298 e. The maximum absolute atomic E-state index is 12.8. The minimum absolute atomic E-state index is 0.228. The largest absolute Gasteiger partial charge is 0.298 e. The Balaban J connectivity index is 1.87. The van der Waals surface area contributed by atoms with E-state index in [2.05, 4.69) is 15.3 Å². The lowest BCUT2D eigenvalue weighted by atomic mass is 9.99. The van der Waals surface area contributed by atoms with Crippen LogP contribution >= 0.6 is 22.9 Å². The van der Waals surface area contributed by atoms with Crippen molar-refractivity contribution in [2.24, 2.45) is 5.92 Å². The van der Waals surface area contributed by atoms with Gasteiger partial charge in [-0.2, -0.15) is 0 Å². The average molecular weight is 410 g/mol. The van der Waals surface area contributed by atoms with Crippen molar-refractivity contribution >= 4 is 50.3 Å². The Hall–Kier alpha value is -1.57. The predicted molar refractivity (Wildman–Crippen MR) is 107 cm³/mol. The molecule has 0 bridgehead atoms. The maximum atomic E-state index is 12.8. The summed E-state index contributed by atoms with van der Waals surface area (Å²) in [6, 6.07) is 3.54. The molecule has 2 aromatic heterocycles. The van der Waals surface area contributed by atoms with Crippen LogP contribution in [0.4, 0.5) is 5.13 Å². The number of nitrogens with one attached hydrogen (secondary N) is 1. The molecular formula is C18H20ClN3O2S2. The maximum Gasteiger partial charge on any atom is 0.257 e. The molecule has 0 spiro atoms. The van der Waals surface area contributed by atoms with Crippen molar-refractivity contribution in [3.05, 3.63) is 40.5 Å². The number of thiazole rings is 1. The molecule has 0 aliphatic heterocycles. The Labute approximate surface area is 164 Å². The number of aromatic nitrogens is 2. The van der Waals surface area contributed by atoms with Gasteiger partial charge in [-0.15, -0.1) is 0 Å². The highest BCUT2D eigenvalue weighted by Gasteiger charge is 2.20. The van der Waals surface area contributed by atoms with Crippen molar-refractivity contribution in [1.82, 2.24) is 9.97 Å². The van der Waals surface area contributed by atoms with Gasteiger partial charge in [0.05, 0.1) is 17.0 Å². The summed E-state index contributed by atoms with van der Waals surface area (Å²) in [7, 11) is -1.11. The van der Waals surface area contributed by atoms with E-state index in [1.165, 1.54) is 30.4 Å². The molecule has 2 aromatic rings. The molecule has 0 aromatic carbocycles. The fourth-order valence-corrected chi connectivity index (χ4v) is 4.45. The second-order valence-corrected chi connectivity index (χ2v) is 9.42. The van der Waals surface area contributed by atoms with Gasteiger partial charge >= 0.3 is 0 Å². The number of carbonyl (C=O) groups excluding carboxylic acids is 1. The smallest absolute Gasteiger partial charge is 0.257 e. The molecule has 1 N–H and O–H groups in total. The normalized spacial score (nSPS) is 16.6. The first kappa shape index (κ1) is 19.2. The van der Waals surface area contributed by atoms with Crippen molar-refractivity contribution in [3.63, 3.8) is 0 Å². The molecule has 3 rings (SSSR count). The van der Waals surface area contributed by atoms with Crippen molar-refractivity contribution in [1.29, 1.82) is 0 Å². The van der Waals surface area contributed by atoms with Gasteiger partial charge in [-0.25, -0.2) is 9.97 Å². The quantitative estimate of drug-likeness (QED) is 0.711. The Morgan fingerprint density at radius 1 is 1.35 bits per heavy atom. The Bertz CT molecular complexity index is 827. The number of halogens is 1. The molecule has 1 unspecified atom stereocenters. The zero-order valence-electron chi connectivity index (χ0n) is 14.4. The van der Waals surface area contributed by atoms with E-state index in [0.29, 0.717) is 37.3 Å². The SMILES string of the molecule is CCS(=O)c1ccc(/C(=C\C2CCCC2)C(=O)Nc2ncc(Cl)s2)cn1. The van der Waals surface area contributed by atoms with Crippen molar-refractivity contribution < 1.29 is 9.00 Å². The van der Waals surface area contributed by atoms with E-state index in [-0.39, 0.29) is 5.91 Å². The third-order valence-corrected chi connectivity index (χ3v) is 6.55. The van der Waals surface area contributed by atoms with E-state index < -0.39 is 10.8 Å². The summed E-state index contributed by atoms with van der Waals surface area (Å²) in [5.74, 6) is 0.678. The Morgan fingerprint density at radius 3 is 2.69 bits per heavy atom. The van der Waals surface area contributed by atoms with Gasteiger partial charge in [0.2, 0.25) is 0 Å². The second kappa shape index (κ2) is 8.88. The lowest BCUT2D eigenvalue weighted by Crippen LogP contribution is -2.15. The second-order valence-electron chi connectivity index (χ2n) is 6.07. The first-order valence-corrected chi connectivity index (χ1v) is 11.1. The first-order valence-electron chi connectivity index (χ1n) is 8.56. The van der Waals surface area contributed by atoms with Crippen LogP contribution in [0.25, 0.3) is 5.57 Å². The Kier molecular flexibility index (Phi) is 6.56. The summed E-state index contributed by atoms with van der Waals surface area (Å²) >= 11 is 7.11. The number of amides is 1. The number of carbonyl (C=O) groups is 1. The topological polar surface area (TPSA) is 72.0 Å². The highest BCUT2D eigenvalue weighted by molar-refractivity contribution is 7.84. The van der Waals surface area contributed by atoms with Crippen LogP contribution in [0.5, 0.6) is 0 Å². The molecule has 26 heavy (non-hydrogen) atoms. The van der Waals surface area contributed by atoms with E-state index in [1.54, 1.807) is 12.3 Å². The molecule has 1 atom stereocenters. The van der Waals surface area contributed by atoms with Crippen LogP contribution in [0.1, 0.15) is 38.2 Å². The summed E-state index contributed by atoms with van der Waals surface area (Å²) in [5, 5.41) is 3.81. The molecule has 1 saturated carbocycles. The standard InChI is InChI=1S/C18H20ClN3O2S2/c1-2-26(24)16-8-7-13(10-20-16)14(9-12-5-3-4-6-12)17(23)22-18-21-11-15(19)25-18/h7-12H,2-6H2,1H3,(H,21,22,23)/b14-9+. The average Bonchev–Trinajstić information content (AvgIpc) is 3.30. The number of hydrogen-bond acceptors (Lipinski definition) is 5. The first-order chi connectivity index (χ1) is 12.6. The fourth-order valence-electron chi connectivity index (χ4n) is 2.96. The monoisotopic (exact) mass is 409 g/mol. The third-order valence-electron chi connectivity index (χ3n) is 4.29. The van der Waals surface area contributed by atoms with Gasteiger partial charge in [-0.05, 0) is 30.9 Å². The summed E-state index contributed by atoms with van der Waals surface area (Å²) in [6.07, 6.45) is 9.72. The van der Waals surface area contributed by atoms with E-state index >= 15 is 0 Å². The molecular weight excluding hydrogens is 390 g/mol. The van der Waals surface area contributed by atoms with E-state index in [1.807, 2.05) is 19.1 Å². The van der Waals surface area contributed by atoms with Crippen LogP contribution in [0, 0.1) is 5.92 Å². The summed E-state index contributed by atoms with van der Waals surface area (Å²) in [6.45, 7) is 1.85. The fraction of sp³-hybridized carbons (Fsp3) is 0.389. The molecule has 0 radical (unpaired) electrons. The van der Waals surface area contributed by atoms with Crippen molar-refractivity contribution in [3.8, 4) is 0 Å². The number of anilines is 1. The molecule has 1 aliphatic carbocycles. The zero-order chi connectivity index (χ0) is 18.5. The molecule has 138 valence electrons. The summed E-state index contributed by atoms with van der Waals surface area (Å²) in [4.78, 5) is 21.2. The zero-order valence-corrected chi connectivity index (χ0v) is 16.8. The third kappa shape index (κ3) is 4.78. The van der Waals surface area contributed by atoms with Gasteiger partial charge in [0.25, 0.3) is 5.91 Å². The van der Waals surface area contributed by atoms with Gasteiger partial charge in [0, 0.05) is 23.1 Å². The Morgan fingerprint density at radius 2 is 2.12 bits per heavy atom. The van der Waals surface area contributed by atoms with Crippen molar-refractivity contribution in [2.75, 3.05) is 11.1 Å². The van der Waals surface area contributed by atoms with Crippen LogP contribution in [-0.2, 0) is 15.6 Å². The summed E-state index contributed by atoms with van der Waals surface area (Å²) < 4.78 is 12.4. The number of nitrogens with zero attached hydrogens (tertiary/aromatic N) is 2. The lowest BCUT2D eigenvalue weighted by molar-refractivity contribution is -0.111. The van der Waals surface area contributed by atoms with Gasteiger partial charge in [-0.3, -0.25) is 14.3 Å². The van der Waals surface area contributed by atoms with Gasteiger partial charge in [0.15, 0.2) is 5.13 Å². The highest BCUT2D eigenvalue weighted by Crippen LogP contribution is 2.30. The van der Waals surface area contributed by atoms with Crippen LogP contribution < -0.4 is 5.32 Å². The molecule has 1 fully saturated rings. The van der Waals surface area contributed by atoms with Crippen LogP contribution in [0.15, 0.2) is 35.6 Å². The molecule has 5 nitrogen and oxygen atoms in total.